The molecule has 0 radical (unpaired) electrons. The van der Waals surface area contributed by atoms with Crippen LogP contribution in [0.4, 0.5) is 5.69 Å². The van der Waals surface area contributed by atoms with Crippen LogP contribution in [-0.2, 0) is 0 Å². The summed E-state index contributed by atoms with van der Waals surface area (Å²) >= 11 is 1.30. The van der Waals surface area contributed by atoms with Gasteiger partial charge >= 0.3 is 0 Å². The number of nitrogens with two attached hydrogens (primary N) is 1. The lowest BCUT2D eigenvalue weighted by atomic mass is 10.1. The van der Waals surface area contributed by atoms with Gasteiger partial charge in [-0.3, -0.25) is 0 Å². The number of rotatable bonds is 2. The van der Waals surface area contributed by atoms with Crippen molar-refractivity contribution in [3.63, 3.8) is 0 Å². The second-order valence-corrected chi connectivity index (χ2v) is 5.14. The zero-order valence-corrected chi connectivity index (χ0v) is 10.9. The number of hydrogen-bond acceptors (Lipinski definition) is 6. The molecule has 3 aromatic rings. The maximum atomic E-state index is 5.73. The van der Waals surface area contributed by atoms with Crippen molar-refractivity contribution in [2.75, 3.05) is 5.73 Å². The van der Waals surface area contributed by atoms with Gasteiger partial charge in [0.05, 0.1) is 5.69 Å². The first-order chi connectivity index (χ1) is 8.65. The van der Waals surface area contributed by atoms with E-state index in [1.54, 1.807) is 12.1 Å². The Bertz CT molecular complexity index is 701. The molecule has 92 valence electrons. The molecule has 0 aliphatic heterocycles. The molecular weight excluding hydrogens is 248 g/mol. The first-order valence-corrected chi connectivity index (χ1v) is 6.41. The van der Waals surface area contributed by atoms with E-state index in [2.05, 4.69) is 28.4 Å². The highest BCUT2D eigenvalue weighted by molar-refractivity contribution is 7.09. The van der Waals surface area contributed by atoms with E-state index < -0.39 is 0 Å². The van der Waals surface area contributed by atoms with Crippen LogP contribution in [0.1, 0.15) is 25.5 Å². The molecular formula is C12H12N4OS. The monoisotopic (exact) mass is 260 g/mol. The lowest BCUT2D eigenvalue weighted by Crippen LogP contribution is -1.90. The highest BCUT2D eigenvalue weighted by Gasteiger charge is 2.18. The van der Waals surface area contributed by atoms with E-state index in [9.17, 15) is 0 Å². The molecule has 0 saturated heterocycles. The fourth-order valence-corrected chi connectivity index (χ4v) is 2.51. The minimum atomic E-state index is 0.291. The van der Waals surface area contributed by atoms with Gasteiger partial charge in [0, 0.05) is 5.69 Å². The first kappa shape index (κ1) is 11.2. The maximum absolute atomic E-state index is 5.73. The molecule has 0 spiro atoms. The average Bonchev–Trinajstić information content (AvgIpc) is 2.93. The van der Waals surface area contributed by atoms with E-state index in [0.29, 0.717) is 17.5 Å². The van der Waals surface area contributed by atoms with Gasteiger partial charge in [0.2, 0.25) is 5.89 Å². The summed E-state index contributed by atoms with van der Waals surface area (Å²) in [6, 6.07) is 5.42. The van der Waals surface area contributed by atoms with Crippen LogP contribution in [0.5, 0.6) is 0 Å². The van der Waals surface area contributed by atoms with E-state index in [1.807, 2.05) is 6.07 Å². The number of hydrogen-bond donors (Lipinski definition) is 1. The number of fused-ring (bicyclic) bond motifs is 1. The number of nitrogen functional groups attached to an aromatic ring is 1. The molecule has 2 N–H and O–H groups in total. The standard InChI is InChI=1S/C12H12N4OS/c1-6(2)10-11(18-16-15-10)12-14-8-5-7(13)3-4-9(8)17-12/h3-6H,13H2,1-2H3. The lowest BCUT2D eigenvalue weighted by molar-refractivity contribution is 0.619. The van der Waals surface area contributed by atoms with Gasteiger partial charge in [-0.25, -0.2) is 4.98 Å². The van der Waals surface area contributed by atoms with Crippen LogP contribution in [-0.4, -0.2) is 14.6 Å². The molecule has 0 bridgehead atoms. The second kappa shape index (κ2) is 4.06. The van der Waals surface area contributed by atoms with E-state index in [-0.39, 0.29) is 0 Å². The Morgan fingerprint density at radius 2 is 2.17 bits per heavy atom. The number of oxazole rings is 1. The van der Waals surface area contributed by atoms with Crippen LogP contribution in [0.15, 0.2) is 22.6 Å². The van der Waals surface area contributed by atoms with Gasteiger partial charge in [-0.2, -0.15) is 0 Å². The third-order valence-electron chi connectivity index (χ3n) is 2.67. The van der Waals surface area contributed by atoms with Crippen LogP contribution in [0.3, 0.4) is 0 Å². The molecule has 3 rings (SSSR count). The van der Waals surface area contributed by atoms with Crippen LogP contribution < -0.4 is 5.73 Å². The van der Waals surface area contributed by atoms with Crippen molar-refractivity contribution in [1.82, 2.24) is 14.6 Å². The summed E-state index contributed by atoms with van der Waals surface area (Å²) in [7, 11) is 0. The molecule has 18 heavy (non-hydrogen) atoms. The molecule has 0 aliphatic carbocycles. The molecule has 0 fully saturated rings. The number of aromatic nitrogens is 3. The highest BCUT2D eigenvalue weighted by atomic mass is 32.1. The third-order valence-corrected chi connectivity index (χ3v) is 3.40. The van der Waals surface area contributed by atoms with Crippen LogP contribution in [0, 0.1) is 0 Å². The van der Waals surface area contributed by atoms with Crippen molar-refractivity contribution in [2.24, 2.45) is 0 Å². The largest absolute Gasteiger partial charge is 0.435 e. The zero-order chi connectivity index (χ0) is 12.7. The van der Waals surface area contributed by atoms with Crippen LogP contribution in [0.25, 0.3) is 21.9 Å². The molecule has 0 unspecified atom stereocenters. The summed E-state index contributed by atoms with van der Waals surface area (Å²) in [6.07, 6.45) is 0. The summed E-state index contributed by atoms with van der Waals surface area (Å²) in [5.74, 6) is 0.855. The number of anilines is 1. The predicted molar refractivity (Wildman–Crippen MR) is 71.4 cm³/mol. The van der Waals surface area contributed by atoms with Gasteiger partial charge in [-0.05, 0) is 35.6 Å². The Balaban J connectivity index is 2.16. The summed E-state index contributed by atoms with van der Waals surface area (Å²) in [5, 5.41) is 4.12. The highest BCUT2D eigenvalue weighted by Crippen LogP contribution is 2.32. The number of nitrogens with zero attached hydrogens (tertiary/aromatic N) is 3. The van der Waals surface area contributed by atoms with Crippen molar-refractivity contribution in [1.29, 1.82) is 0 Å². The summed E-state index contributed by atoms with van der Waals surface area (Å²) in [4.78, 5) is 5.33. The topological polar surface area (TPSA) is 77.8 Å². The minimum absolute atomic E-state index is 0.291. The summed E-state index contributed by atoms with van der Waals surface area (Å²) in [6.45, 7) is 4.14. The molecule has 0 saturated carbocycles. The van der Waals surface area contributed by atoms with Gasteiger partial charge in [0.15, 0.2) is 5.58 Å². The normalized spacial score (nSPS) is 11.5. The van der Waals surface area contributed by atoms with E-state index in [0.717, 1.165) is 21.7 Å². The maximum Gasteiger partial charge on any atom is 0.241 e. The molecule has 0 aliphatic rings. The van der Waals surface area contributed by atoms with Crippen molar-refractivity contribution in [3.8, 4) is 10.8 Å². The Hall–Kier alpha value is -1.95. The Kier molecular flexibility index (Phi) is 2.52. The molecule has 2 heterocycles. The van der Waals surface area contributed by atoms with E-state index in [4.69, 9.17) is 10.2 Å². The molecule has 0 amide bonds. The fraction of sp³-hybridized carbons (Fsp3) is 0.250. The van der Waals surface area contributed by atoms with E-state index >= 15 is 0 Å². The summed E-state index contributed by atoms with van der Waals surface area (Å²) in [5.41, 5.74) is 8.80. The Morgan fingerprint density at radius 1 is 1.33 bits per heavy atom. The quantitative estimate of drug-likeness (QED) is 0.716. The molecule has 1 aromatic carbocycles. The zero-order valence-electron chi connectivity index (χ0n) is 10.0. The molecule has 6 heteroatoms. The van der Waals surface area contributed by atoms with Gasteiger partial charge in [-0.1, -0.05) is 18.3 Å². The summed E-state index contributed by atoms with van der Waals surface area (Å²) < 4.78 is 9.70. The lowest BCUT2D eigenvalue weighted by Gasteiger charge is -1.99. The van der Waals surface area contributed by atoms with Crippen molar-refractivity contribution in [2.45, 2.75) is 19.8 Å². The smallest absolute Gasteiger partial charge is 0.241 e. The van der Waals surface area contributed by atoms with Crippen molar-refractivity contribution < 1.29 is 4.42 Å². The van der Waals surface area contributed by atoms with Crippen LogP contribution >= 0.6 is 11.5 Å². The molecule has 5 nitrogen and oxygen atoms in total. The average molecular weight is 260 g/mol. The molecule has 2 aromatic heterocycles. The van der Waals surface area contributed by atoms with Gasteiger partial charge in [-0.15, -0.1) is 5.10 Å². The van der Waals surface area contributed by atoms with Gasteiger partial charge in [0.1, 0.15) is 10.4 Å². The second-order valence-electron chi connectivity index (χ2n) is 4.39. The van der Waals surface area contributed by atoms with Crippen molar-refractivity contribution in [3.05, 3.63) is 23.9 Å². The van der Waals surface area contributed by atoms with E-state index in [1.165, 1.54) is 11.5 Å². The Labute approximate surface area is 108 Å². The van der Waals surface area contributed by atoms with Gasteiger partial charge < -0.3 is 10.2 Å². The molecule has 0 atom stereocenters. The number of benzene rings is 1. The predicted octanol–water partition coefficient (Wildman–Crippen LogP) is 3.05. The third kappa shape index (κ3) is 1.74. The van der Waals surface area contributed by atoms with Crippen LogP contribution in [0.2, 0.25) is 0 Å². The Morgan fingerprint density at radius 3 is 2.94 bits per heavy atom. The minimum Gasteiger partial charge on any atom is -0.435 e. The van der Waals surface area contributed by atoms with Gasteiger partial charge in [0.25, 0.3) is 0 Å². The van der Waals surface area contributed by atoms with Crippen molar-refractivity contribution >= 4 is 28.3 Å². The first-order valence-electron chi connectivity index (χ1n) is 5.64. The SMILES string of the molecule is CC(C)c1nnsc1-c1nc2cc(N)ccc2o1. The fourth-order valence-electron chi connectivity index (χ4n) is 1.77.